The third kappa shape index (κ3) is 3.82. The number of halogens is 2. The molecule has 0 fully saturated rings. The molecule has 1 aliphatic heterocycles. The van der Waals surface area contributed by atoms with E-state index in [9.17, 15) is 0 Å². The van der Waals surface area contributed by atoms with E-state index in [1.54, 1.807) is 12.1 Å². The van der Waals surface area contributed by atoms with Crippen molar-refractivity contribution >= 4 is 46.4 Å². The first-order valence-corrected chi connectivity index (χ1v) is 9.68. The molecule has 2 aromatic carbocycles. The van der Waals surface area contributed by atoms with Gasteiger partial charge in [-0.25, -0.2) is 0 Å². The normalized spacial score (nSPS) is 15.9. The maximum atomic E-state index is 6.06. The van der Waals surface area contributed by atoms with Crippen LogP contribution in [0.25, 0.3) is 5.57 Å². The maximum Gasteiger partial charge on any atom is 0.0645 e. The van der Waals surface area contributed by atoms with Gasteiger partial charge in [0.25, 0.3) is 0 Å². The summed E-state index contributed by atoms with van der Waals surface area (Å²) in [5, 5.41) is 1.06. The maximum absolute atomic E-state index is 6.06. The Morgan fingerprint density at radius 1 is 1.08 bits per heavy atom. The fourth-order valence-corrected chi connectivity index (χ4v) is 3.82. The SMILES string of the molecule is CCCN1c2ccc(C=Nc3ccc(Cl)c(Cl)c3)cc2C(C)=CC1(C)C. The summed E-state index contributed by atoms with van der Waals surface area (Å²) in [4.78, 5) is 7.02. The van der Waals surface area contributed by atoms with Gasteiger partial charge >= 0.3 is 0 Å². The second-order valence-electron chi connectivity index (χ2n) is 7.27. The van der Waals surface area contributed by atoms with Gasteiger partial charge in [0.15, 0.2) is 0 Å². The molecule has 26 heavy (non-hydrogen) atoms. The minimum absolute atomic E-state index is 0.0305. The van der Waals surface area contributed by atoms with E-state index in [0.717, 1.165) is 24.2 Å². The van der Waals surface area contributed by atoms with Crippen molar-refractivity contribution in [3.05, 3.63) is 63.6 Å². The van der Waals surface area contributed by atoms with Crippen molar-refractivity contribution in [2.75, 3.05) is 11.4 Å². The van der Waals surface area contributed by atoms with E-state index in [0.29, 0.717) is 10.0 Å². The van der Waals surface area contributed by atoms with Crippen LogP contribution >= 0.6 is 23.2 Å². The third-order valence-corrected chi connectivity index (χ3v) is 5.45. The van der Waals surface area contributed by atoms with Crippen molar-refractivity contribution < 1.29 is 0 Å². The van der Waals surface area contributed by atoms with Crippen molar-refractivity contribution in [1.29, 1.82) is 0 Å². The zero-order chi connectivity index (χ0) is 18.9. The van der Waals surface area contributed by atoms with E-state index in [2.05, 4.69) is 61.9 Å². The summed E-state index contributed by atoms with van der Waals surface area (Å²) in [5.41, 5.74) is 5.77. The van der Waals surface area contributed by atoms with E-state index in [-0.39, 0.29) is 5.54 Å². The van der Waals surface area contributed by atoms with E-state index in [4.69, 9.17) is 23.2 Å². The quantitative estimate of drug-likeness (QED) is 0.509. The van der Waals surface area contributed by atoms with Crippen LogP contribution in [0.2, 0.25) is 10.0 Å². The zero-order valence-electron chi connectivity index (χ0n) is 15.7. The third-order valence-electron chi connectivity index (χ3n) is 4.71. The predicted octanol–water partition coefficient (Wildman–Crippen LogP) is 7.16. The van der Waals surface area contributed by atoms with E-state index < -0.39 is 0 Å². The van der Waals surface area contributed by atoms with Crippen LogP contribution < -0.4 is 4.90 Å². The highest BCUT2D eigenvalue weighted by Gasteiger charge is 2.30. The van der Waals surface area contributed by atoms with Crippen LogP contribution in [-0.4, -0.2) is 18.3 Å². The molecule has 0 aromatic heterocycles. The molecule has 1 heterocycles. The monoisotopic (exact) mass is 386 g/mol. The van der Waals surface area contributed by atoms with Gasteiger partial charge in [-0.3, -0.25) is 4.99 Å². The Balaban J connectivity index is 1.94. The molecule has 4 heteroatoms. The average Bonchev–Trinajstić information content (AvgIpc) is 2.59. The van der Waals surface area contributed by atoms with Gasteiger partial charge in [0, 0.05) is 24.0 Å². The average molecular weight is 387 g/mol. The molecule has 136 valence electrons. The fraction of sp³-hybridized carbons (Fsp3) is 0.318. The van der Waals surface area contributed by atoms with Crippen molar-refractivity contribution in [2.24, 2.45) is 4.99 Å². The van der Waals surface area contributed by atoms with Crippen LogP contribution in [0.1, 0.15) is 45.2 Å². The summed E-state index contributed by atoms with van der Waals surface area (Å²) >= 11 is 12.0. The zero-order valence-corrected chi connectivity index (χ0v) is 17.2. The Kier molecular flexibility index (Phi) is 5.45. The van der Waals surface area contributed by atoms with Gasteiger partial charge in [-0.1, -0.05) is 42.3 Å². The molecular weight excluding hydrogens is 363 g/mol. The van der Waals surface area contributed by atoms with Crippen LogP contribution in [-0.2, 0) is 0 Å². The second-order valence-corrected chi connectivity index (χ2v) is 8.08. The number of aliphatic imine (C=N–C) groups is 1. The Morgan fingerprint density at radius 2 is 1.85 bits per heavy atom. The van der Waals surface area contributed by atoms with Gasteiger partial charge in [0.2, 0.25) is 0 Å². The van der Waals surface area contributed by atoms with Gasteiger partial charge in [-0.15, -0.1) is 0 Å². The standard InChI is InChI=1S/C22H24Cl2N2/c1-5-10-26-21-9-6-16(11-18(21)15(2)13-22(26,3)4)14-25-17-7-8-19(23)20(24)12-17/h6-9,11-14H,5,10H2,1-4H3. The number of benzene rings is 2. The topological polar surface area (TPSA) is 15.6 Å². The highest BCUT2D eigenvalue weighted by Crippen LogP contribution is 2.39. The summed E-state index contributed by atoms with van der Waals surface area (Å²) in [6.45, 7) is 9.99. The van der Waals surface area contributed by atoms with Gasteiger partial charge in [-0.05, 0) is 68.7 Å². The number of nitrogens with zero attached hydrogens (tertiary/aromatic N) is 2. The molecule has 2 aromatic rings. The Morgan fingerprint density at radius 3 is 2.54 bits per heavy atom. The van der Waals surface area contributed by atoms with Crippen LogP contribution in [0.3, 0.4) is 0 Å². The van der Waals surface area contributed by atoms with E-state index in [1.165, 1.54) is 16.8 Å². The van der Waals surface area contributed by atoms with Crippen molar-refractivity contribution in [2.45, 2.75) is 39.7 Å². The van der Waals surface area contributed by atoms with Crippen LogP contribution in [0, 0.1) is 0 Å². The van der Waals surface area contributed by atoms with Crippen molar-refractivity contribution in [3.63, 3.8) is 0 Å². The van der Waals surface area contributed by atoms with Gasteiger partial charge in [0.05, 0.1) is 21.3 Å². The molecule has 1 aliphatic rings. The summed E-state index contributed by atoms with van der Waals surface area (Å²) in [7, 11) is 0. The molecule has 0 saturated heterocycles. The second kappa shape index (κ2) is 7.46. The summed E-state index contributed by atoms with van der Waals surface area (Å²) in [5.74, 6) is 0. The number of allylic oxidation sites excluding steroid dienone is 1. The predicted molar refractivity (Wildman–Crippen MR) is 116 cm³/mol. The highest BCUT2D eigenvalue weighted by molar-refractivity contribution is 6.42. The molecular formula is C22H24Cl2N2. The number of hydrogen-bond acceptors (Lipinski definition) is 2. The summed E-state index contributed by atoms with van der Waals surface area (Å²) in [6.07, 6.45) is 5.35. The first-order chi connectivity index (χ1) is 12.3. The summed E-state index contributed by atoms with van der Waals surface area (Å²) in [6, 6.07) is 11.9. The van der Waals surface area contributed by atoms with Crippen LogP contribution in [0.4, 0.5) is 11.4 Å². The van der Waals surface area contributed by atoms with E-state index in [1.807, 2.05) is 12.3 Å². The lowest BCUT2D eigenvalue weighted by Crippen LogP contribution is -2.45. The van der Waals surface area contributed by atoms with Gasteiger partial charge < -0.3 is 4.90 Å². The molecule has 0 atom stereocenters. The molecule has 0 unspecified atom stereocenters. The van der Waals surface area contributed by atoms with Gasteiger partial charge in [-0.2, -0.15) is 0 Å². The number of anilines is 1. The number of fused-ring (bicyclic) bond motifs is 1. The number of hydrogen-bond donors (Lipinski definition) is 0. The van der Waals surface area contributed by atoms with Crippen LogP contribution in [0.15, 0.2) is 47.5 Å². The largest absolute Gasteiger partial charge is 0.362 e. The lowest BCUT2D eigenvalue weighted by Gasteiger charge is -2.43. The summed E-state index contributed by atoms with van der Waals surface area (Å²) < 4.78 is 0. The molecule has 0 saturated carbocycles. The Hall–Kier alpha value is -1.77. The minimum atomic E-state index is 0.0305. The molecule has 0 spiro atoms. The smallest absolute Gasteiger partial charge is 0.0645 e. The fourth-order valence-electron chi connectivity index (χ4n) is 3.53. The Bertz CT molecular complexity index is 882. The minimum Gasteiger partial charge on any atom is -0.362 e. The molecule has 0 N–H and O–H groups in total. The highest BCUT2D eigenvalue weighted by atomic mass is 35.5. The molecule has 0 bridgehead atoms. The van der Waals surface area contributed by atoms with Gasteiger partial charge in [0.1, 0.15) is 0 Å². The van der Waals surface area contributed by atoms with Crippen molar-refractivity contribution in [3.8, 4) is 0 Å². The molecule has 3 rings (SSSR count). The number of rotatable bonds is 4. The van der Waals surface area contributed by atoms with Crippen LogP contribution in [0.5, 0.6) is 0 Å². The molecule has 0 aliphatic carbocycles. The van der Waals surface area contributed by atoms with Crippen molar-refractivity contribution in [1.82, 2.24) is 0 Å². The first-order valence-electron chi connectivity index (χ1n) is 8.92. The molecule has 0 radical (unpaired) electrons. The van der Waals surface area contributed by atoms with E-state index >= 15 is 0 Å². The molecule has 2 nitrogen and oxygen atoms in total. The Labute approximate surface area is 166 Å². The first kappa shape index (κ1) is 19.0. The molecule has 0 amide bonds. The lowest BCUT2D eigenvalue weighted by atomic mass is 9.88. The lowest BCUT2D eigenvalue weighted by molar-refractivity contribution is 0.550.